The summed E-state index contributed by atoms with van der Waals surface area (Å²) in [7, 11) is 1.90. The molecule has 122 valence electrons. The second-order valence-electron chi connectivity index (χ2n) is 6.07. The average Bonchev–Trinajstić information content (AvgIpc) is 3.31. The van der Waals surface area contributed by atoms with Crippen molar-refractivity contribution in [3.05, 3.63) is 63.3 Å². The van der Waals surface area contributed by atoms with Crippen molar-refractivity contribution in [2.75, 3.05) is 7.05 Å². The second kappa shape index (κ2) is 6.49. The molecule has 0 bridgehead atoms. The first kappa shape index (κ1) is 15.5. The van der Waals surface area contributed by atoms with Gasteiger partial charge in [-0.3, -0.25) is 4.79 Å². The lowest BCUT2D eigenvalue weighted by molar-refractivity contribution is 0.0710. The van der Waals surface area contributed by atoms with Crippen LogP contribution in [0.4, 0.5) is 0 Å². The molecule has 1 atom stereocenters. The zero-order chi connectivity index (χ0) is 16.5. The number of benzene rings is 1. The Morgan fingerprint density at radius 1 is 1.25 bits per heavy atom. The van der Waals surface area contributed by atoms with Gasteiger partial charge < -0.3 is 4.90 Å². The number of carbonyl (C=O) groups excluding carboxylic acids is 1. The number of hydrogen-bond donors (Lipinski definition) is 0. The Balaban J connectivity index is 1.59. The number of fused-ring (bicyclic) bond motifs is 1. The number of nitrogens with zero attached hydrogens (tertiary/aromatic N) is 2. The van der Waals surface area contributed by atoms with E-state index in [-0.39, 0.29) is 11.9 Å². The quantitative estimate of drug-likeness (QED) is 0.661. The van der Waals surface area contributed by atoms with Crippen molar-refractivity contribution in [3.8, 4) is 10.6 Å². The maximum Gasteiger partial charge on any atom is 0.273 e. The van der Waals surface area contributed by atoms with Gasteiger partial charge in [0.15, 0.2) is 0 Å². The van der Waals surface area contributed by atoms with E-state index in [2.05, 4.69) is 34.6 Å². The molecule has 24 heavy (non-hydrogen) atoms. The zero-order valence-electron chi connectivity index (χ0n) is 13.4. The van der Waals surface area contributed by atoms with Gasteiger partial charge in [0.2, 0.25) is 0 Å². The minimum Gasteiger partial charge on any atom is -0.333 e. The van der Waals surface area contributed by atoms with Crippen LogP contribution < -0.4 is 0 Å². The van der Waals surface area contributed by atoms with Gasteiger partial charge in [0.1, 0.15) is 10.7 Å². The van der Waals surface area contributed by atoms with Crippen LogP contribution in [0.5, 0.6) is 0 Å². The van der Waals surface area contributed by atoms with Gasteiger partial charge in [-0.2, -0.15) is 11.3 Å². The molecular weight excluding hydrogens is 336 g/mol. The molecule has 4 rings (SSSR count). The standard InChI is InChI=1S/C19H18N2OS2/c1-21(17-8-4-6-13-5-2-3-7-15(13)17)19(22)16-12-24-18(20-16)14-9-10-23-11-14/h2-3,5,7,9-12,17H,4,6,8H2,1H3. The third-order valence-corrected chi connectivity index (χ3v) is 6.19. The van der Waals surface area contributed by atoms with Crippen LogP contribution in [0.2, 0.25) is 0 Å². The van der Waals surface area contributed by atoms with Crippen LogP contribution in [-0.2, 0) is 6.42 Å². The van der Waals surface area contributed by atoms with Gasteiger partial charge in [0.05, 0.1) is 6.04 Å². The summed E-state index contributed by atoms with van der Waals surface area (Å²) in [5.74, 6) is 0.00873. The maximum absolute atomic E-state index is 12.9. The van der Waals surface area contributed by atoms with Crippen LogP contribution >= 0.6 is 22.7 Å². The molecule has 1 amide bonds. The molecule has 0 aliphatic heterocycles. The summed E-state index contributed by atoms with van der Waals surface area (Å²) in [4.78, 5) is 19.3. The largest absolute Gasteiger partial charge is 0.333 e. The summed E-state index contributed by atoms with van der Waals surface area (Å²) in [6.07, 6.45) is 3.24. The second-order valence-corrected chi connectivity index (χ2v) is 7.71. The maximum atomic E-state index is 12.9. The van der Waals surface area contributed by atoms with Crippen molar-refractivity contribution in [2.24, 2.45) is 0 Å². The Labute approximate surface area is 149 Å². The topological polar surface area (TPSA) is 33.2 Å². The van der Waals surface area contributed by atoms with E-state index in [9.17, 15) is 4.79 Å². The Bertz CT molecular complexity index is 854. The van der Waals surface area contributed by atoms with Crippen molar-refractivity contribution >= 4 is 28.6 Å². The summed E-state index contributed by atoms with van der Waals surface area (Å²) >= 11 is 3.18. The minimum atomic E-state index is 0.00873. The van der Waals surface area contributed by atoms with Crippen molar-refractivity contribution in [2.45, 2.75) is 25.3 Å². The highest BCUT2D eigenvalue weighted by molar-refractivity contribution is 7.14. The fourth-order valence-corrected chi connectivity index (χ4v) is 4.85. The molecular formula is C19H18N2OS2. The van der Waals surface area contributed by atoms with E-state index < -0.39 is 0 Å². The number of amides is 1. The number of thiophene rings is 1. The summed E-state index contributed by atoms with van der Waals surface area (Å²) in [5.41, 5.74) is 4.29. The predicted octanol–water partition coefficient (Wildman–Crippen LogP) is 5.02. The molecule has 3 aromatic rings. The van der Waals surface area contributed by atoms with Crippen LogP contribution in [0.3, 0.4) is 0 Å². The van der Waals surface area contributed by atoms with Crippen LogP contribution in [0, 0.1) is 0 Å². The number of carbonyl (C=O) groups is 1. The van der Waals surface area contributed by atoms with Crippen LogP contribution in [0.25, 0.3) is 10.6 Å². The fourth-order valence-electron chi connectivity index (χ4n) is 3.34. The molecule has 1 aliphatic rings. The van der Waals surface area contributed by atoms with Crippen molar-refractivity contribution in [3.63, 3.8) is 0 Å². The lowest BCUT2D eigenvalue weighted by Crippen LogP contribution is -2.33. The molecule has 0 fully saturated rings. The normalized spacial score (nSPS) is 16.6. The number of aryl methyl sites for hydroxylation is 1. The summed E-state index contributed by atoms with van der Waals surface area (Å²) in [6.45, 7) is 0. The lowest BCUT2D eigenvalue weighted by Gasteiger charge is -2.33. The number of aromatic nitrogens is 1. The Morgan fingerprint density at radius 3 is 2.96 bits per heavy atom. The Morgan fingerprint density at radius 2 is 2.12 bits per heavy atom. The van der Waals surface area contributed by atoms with Gasteiger partial charge in [0, 0.05) is 23.4 Å². The molecule has 0 saturated heterocycles. The highest BCUT2D eigenvalue weighted by Gasteiger charge is 2.28. The molecule has 5 heteroatoms. The van der Waals surface area contributed by atoms with Gasteiger partial charge in [-0.05, 0) is 41.8 Å². The van der Waals surface area contributed by atoms with E-state index >= 15 is 0 Å². The van der Waals surface area contributed by atoms with E-state index in [0.29, 0.717) is 5.69 Å². The monoisotopic (exact) mass is 354 g/mol. The molecule has 2 heterocycles. The molecule has 2 aromatic heterocycles. The van der Waals surface area contributed by atoms with E-state index in [1.165, 1.54) is 22.5 Å². The van der Waals surface area contributed by atoms with Crippen molar-refractivity contribution in [1.82, 2.24) is 9.88 Å². The van der Waals surface area contributed by atoms with Crippen molar-refractivity contribution in [1.29, 1.82) is 0 Å². The van der Waals surface area contributed by atoms with Gasteiger partial charge in [0.25, 0.3) is 5.91 Å². The first-order valence-electron chi connectivity index (χ1n) is 8.07. The summed E-state index contributed by atoms with van der Waals surface area (Å²) in [6, 6.07) is 10.7. The first-order chi connectivity index (χ1) is 11.7. The molecule has 1 unspecified atom stereocenters. The number of hydrogen-bond acceptors (Lipinski definition) is 4. The van der Waals surface area contributed by atoms with Crippen LogP contribution in [-0.4, -0.2) is 22.8 Å². The van der Waals surface area contributed by atoms with Crippen molar-refractivity contribution < 1.29 is 4.79 Å². The Kier molecular flexibility index (Phi) is 4.21. The third kappa shape index (κ3) is 2.78. The van der Waals surface area contributed by atoms with Crippen LogP contribution in [0.15, 0.2) is 46.5 Å². The minimum absolute atomic E-state index is 0.00873. The molecule has 3 nitrogen and oxygen atoms in total. The molecule has 1 aromatic carbocycles. The predicted molar refractivity (Wildman–Crippen MR) is 99.6 cm³/mol. The highest BCUT2D eigenvalue weighted by atomic mass is 32.1. The fraction of sp³-hybridized carbons (Fsp3) is 0.263. The van der Waals surface area contributed by atoms with Gasteiger partial charge in [-0.1, -0.05) is 24.3 Å². The van der Waals surface area contributed by atoms with Crippen LogP contribution in [0.1, 0.15) is 40.5 Å². The number of rotatable bonds is 3. The lowest BCUT2D eigenvalue weighted by atomic mass is 9.87. The number of thiazole rings is 1. The van der Waals surface area contributed by atoms with Gasteiger partial charge >= 0.3 is 0 Å². The molecule has 0 N–H and O–H groups in total. The van der Waals surface area contributed by atoms with E-state index in [0.717, 1.165) is 29.8 Å². The molecule has 0 spiro atoms. The molecule has 1 aliphatic carbocycles. The summed E-state index contributed by atoms with van der Waals surface area (Å²) < 4.78 is 0. The van der Waals surface area contributed by atoms with Gasteiger partial charge in [-0.15, -0.1) is 11.3 Å². The van der Waals surface area contributed by atoms with E-state index in [1.807, 2.05) is 28.8 Å². The average molecular weight is 355 g/mol. The highest BCUT2D eigenvalue weighted by Crippen LogP contribution is 2.34. The molecule has 0 radical (unpaired) electrons. The Hall–Kier alpha value is -1.98. The molecule has 0 saturated carbocycles. The SMILES string of the molecule is CN(C(=O)c1csc(-c2ccsc2)n1)C1CCCc2ccccc21. The summed E-state index contributed by atoms with van der Waals surface area (Å²) in [5, 5.41) is 6.88. The smallest absolute Gasteiger partial charge is 0.273 e. The van der Waals surface area contributed by atoms with E-state index in [4.69, 9.17) is 0 Å². The first-order valence-corrected chi connectivity index (χ1v) is 9.89. The van der Waals surface area contributed by atoms with E-state index in [1.54, 1.807) is 11.3 Å². The van der Waals surface area contributed by atoms with Gasteiger partial charge in [-0.25, -0.2) is 4.98 Å². The zero-order valence-corrected chi connectivity index (χ0v) is 15.1. The third-order valence-electron chi connectivity index (χ3n) is 4.62.